The van der Waals surface area contributed by atoms with Crippen LogP contribution in [0.5, 0.6) is 0 Å². The van der Waals surface area contributed by atoms with Gasteiger partial charge in [0.05, 0.1) is 10.5 Å². The Morgan fingerprint density at radius 3 is 2.57 bits per heavy atom. The van der Waals surface area contributed by atoms with Gasteiger partial charge >= 0.3 is 0 Å². The van der Waals surface area contributed by atoms with Crippen LogP contribution in [0, 0.1) is 13.0 Å². The summed E-state index contributed by atoms with van der Waals surface area (Å²) >= 11 is 10.3. The molecule has 0 amide bonds. The summed E-state index contributed by atoms with van der Waals surface area (Å²) in [7, 11) is 0. The van der Waals surface area contributed by atoms with Crippen LogP contribution in [-0.4, -0.2) is 9.97 Å². The molecule has 0 aliphatic heterocycles. The molecule has 0 unspecified atom stereocenters. The van der Waals surface area contributed by atoms with Crippen molar-refractivity contribution in [3.8, 4) is 0 Å². The molecule has 106 valence electrons. The van der Waals surface area contributed by atoms with E-state index in [0.717, 1.165) is 18.0 Å². The maximum atomic E-state index is 13.2. The molecule has 1 aromatic heterocycles. The number of benzene rings is 2. The van der Waals surface area contributed by atoms with E-state index in [1.165, 1.54) is 18.5 Å². The lowest BCUT2D eigenvalue weighted by atomic mass is 10.2. The van der Waals surface area contributed by atoms with E-state index in [1.807, 2.05) is 12.1 Å². The predicted molar refractivity (Wildman–Crippen MR) is 99.7 cm³/mol. The first-order valence-electron chi connectivity index (χ1n) is 5.86. The van der Waals surface area contributed by atoms with Crippen molar-refractivity contribution in [2.45, 2.75) is 0 Å². The molecule has 1 heterocycles. The summed E-state index contributed by atoms with van der Waals surface area (Å²) < 4.78 is 15.5. The van der Waals surface area contributed by atoms with Crippen LogP contribution in [0.15, 0.2) is 36.7 Å². The van der Waals surface area contributed by atoms with Crippen molar-refractivity contribution in [3.63, 3.8) is 0 Å². The Morgan fingerprint density at radius 2 is 1.81 bits per heavy atom. The predicted octanol–water partition coefficient (Wildman–Crippen LogP) is 5.38. The molecule has 0 saturated heterocycles. The van der Waals surface area contributed by atoms with Crippen LogP contribution >= 0.6 is 56.8 Å². The molecule has 2 aromatic carbocycles. The number of nitrogens with zero attached hydrogens (tertiary/aromatic N) is 2. The summed E-state index contributed by atoms with van der Waals surface area (Å²) in [5.41, 5.74) is 1.53. The maximum absolute atomic E-state index is 13.2. The molecule has 0 spiro atoms. The molecule has 7 heteroatoms. The average Bonchev–Trinajstić information content (AvgIpc) is 2.45. The third-order valence-corrected chi connectivity index (χ3v) is 5.97. The molecule has 3 aromatic rings. The van der Waals surface area contributed by atoms with E-state index in [1.54, 1.807) is 6.07 Å². The van der Waals surface area contributed by atoms with E-state index >= 15 is 0 Å². The Bertz CT molecular complexity index is 842. The largest absolute Gasteiger partial charge is 0.340 e. The van der Waals surface area contributed by atoms with Crippen molar-refractivity contribution < 1.29 is 4.39 Å². The Morgan fingerprint density at radius 1 is 1.05 bits per heavy atom. The van der Waals surface area contributed by atoms with Crippen LogP contribution in [0.1, 0.15) is 0 Å². The van der Waals surface area contributed by atoms with Gasteiger partial charge in [-0.3, -0.25) is 0 Å². The molecular formula is C14H7ClFI2N3. The van der Waals surface area contributed by atoms with Gasteiger partial charge in [0, 0.05) is 18.2 Å². The molecular weight excluding hydrogens is 518 g/mol. The fraction of sp³-hybridized carbons (Fsp3) is 0. The fourth-order valence-electron chi connectivity index (χ4n) is 1.86. The van der Waals surface area contributed by atoms with Gasteiger partial charge in [0.2, 0.25) is 0 Å². The molecule has 1 N–H and O–H groups in total. The molecule has 3 nitrogen and oxygen atoms in total. The van der Waals surface area contributed by atoms with Gasteiger partial charge in [-0.2, -0.15) is 0 Å². The minimum Gasteiger partial charge on any atom is -0.340 e. The van der Waals surface area contributed by atoms with Crippen molar-refractivity contribution in [2.75, 3.05) is 5.32 Å². The lowest BCUT2D eigenvalue weighted by Crippen LogP contribution is -1.97. The fourth-order valence-corrected chi connectivity index (χ4v) is 2.96. The van der Waals surface area contributed by atoms with Gasteiger partial charge in [-0.05, 0) is 75.5 Å². The van der Waals surface area contributed by atoms with Gasteiger partial charge in [-0.25, -0.2) is 14.4 Å². The van der Waals surface area contributed by atoms with E-state index in [-0.39, 0.29) is 5.02 Å². The highest BCUT2D eigenvalue weighted by Gasteiger charge is 2.08. The Balaban J connectivity index is 2.07. The molecule has 0 saturated carbocycles. The van der Waals surface area contributed by atoms with Crippen LogP contribution in [0.25, 0.3) is 10.9 Å². The second-order valence-electron chi connectivity index (χ2n) is 4.26. The quantitative estimate of drug-likeness (QED) is 0.457. The number of hydrogen-bond acceptors (Lipinski definition) is 3. The van der Waals surface area contributed by atoms with Crippen LogP contribution in [0.3, 0.4) is 0 Å². The number of nitrogens with one attached hydrogen (secondary N) is 1. The summed E-state index contributed by atoms with van der Waals surface area (Å²) in [6, 6.07) is 8.49. The Labute approximate surface area is 152 Å². The first-order valence-corrected chi connectivity index (χ1v) is 8.40. The number of rotatable bonds is 2. The molecule has 0 aliphatic carbocycles. The molecule has 0 fully saturated rings. The summed E-state index contributed by atoms with van der Waals surface area (Å²) in [6.45, 7) is 0. The number of halogens is 4. The minimum absolute atomic E-state index is 0.0718. The Kier molecular flexibility index (Phi) is 4.46. The SMILES string of the molecule is Fc1ccc(Nc2ncnc3cc(I)c(I)cc23)cc1Cl. The maximum Gasteiger partial charge on any atom is 0.141 e. The highest BCUT2D eigenvalue weighted by atomic mass is 127. The van der Waals surface area contributed by atoms with Crippen LogP contribution < -0.4 is 5.32 Å². The molecule has 3 rings (SSSR count). The zero-order valence-corrected chi connectivity index (χ0v) is 15.4. The highest BCUT2D eigenvalue weighted by molar-refractivity contribution is 14.1. The van der Waals surface area contributed by atoms with Crippen molar-refractivity contribution in [1.82, 2.24) is 9.97 Å². The van der Waals surface area contributed by atoms with Crippen LogP contribution in [0.2, 0.25) is 5.02 Å². The smallest absolute Gasteiger partial charge is 0.141 e. The molecule has 0 bridgehead atoms. The third kappa shape index (κ3) is 3.21. The second kappa shape index (κ2) is 6.17. The molecule has 0 atom stereocenters. The van der Waals surface area contributed by atoms with E-state index in [2.05, 4.69) is 60.5 Å². The molecule has 0 aliphatic rings. The first-order chi connectivity index (χ1) is 10.0. The normalized spacial score (nSPS) is 10.9. The van der Waals surface area contributed by atoms with E-state index in [0.29, 0.717) is 11.5 Å². The zero-order chi connectivity index (χ0) is 15.0. The molecule has 21 heavy (non-hydrogen) atoms. The first kappa shape index (κ1) is 15.2. The average molecular weight is 525 g/mol. The van der Waals surface area contributed by atoms with Gasteiger partial charge in [-0.15, -0.1) is 0 Å². The number of hydrogen-bond donors (Lipinski definition) is 1. The zero-order valence-electron chi connectivity index (χ0n) is 10.4. The minimum atomic E-state index is -0.445. The third-order valence-electron chi connectivity index (χ3n) is 2.86. The lowest BCUT2D eigenvalue weighted by Gasteiger charge is -2.09. The number of anilines is 2. The summed E-state index contributed by atoms with van der Waals surface area (Å²) in [4.78, 5) is 8.53. The second-order valence-corrected chi connectivity index (χ2v) is 6.99. The number of aromatic nitrogens is 2. The summed E-state index contributed by atoms with van der Waals surface area (Å²) in [6.07, 6.45) is 1.50. The van der Waals surface area contributed by atoms with Gasteiger partial charge < -0.3 is 5.32 Å². The van der Waals surface area contributed by atoms with E-state index < -0.39 is 5.82 Å². The highest BCUT2D eigenvalue weighted by Crippen LogP contribution is 2.28. The van der Waals surface area contributed by atoms with Crippen molar-refractivity contribution >= 4 is 79.2 Å². The molecule has 0 radical (unpaired) electrons. The van der Waals surface area contributed by atoms with Gasteiger partial charge in [-0.1, -0.05) is 11.6 Å². The summed E-state index contributed by atoms with van der Waals surface area (Å²) in [5.74, 6) is 0.218. The van der Waals surface area contributed by atoms with E-state index in [4.69, 9.17) is 11.6 Å². The standard InChI is InChI=1S/C14H7ClFI2N3/c15-9-3-7(1-2-10(9)16)21-14-8-4-11(17)12(18)5-13(8)19-6-20-14/h1-6H,(H,19,20,21). The van der Waals surface area contributed by atoms with Gasteiger partial charge in [0.1, 0.15) is 18.0 Å². The Hall–Kier alpha value is -0.740. The van der Waals surface area contributed by atoms with Crippen LogP contribution in [-0.2, 0) is 0 Å². The number of fused-ring (bicyclic) bond motifs is 1. The van der Waals surface area contributed by atoms with Gasteiger partial charge in [0.15, 0.2) is 0 Å². The van der Waals surface area contributed by atoms with Crippen LogP contribution in [0.4, 0.5) is 15.9 Å². The van der Waals surface area contributed by atoms with Gasteiger partial charge in [0.25, 0.3) is 0 Å². The monoisotopic (exact) mass is 525 g/mol. The van der Waals surface area contributed by atoms with Crippen molar-refractivity contribution in [1.29, 1.82) is 0 Å². The lowest BCUT2D eigenvalue weighted by molar-refractivity contribution is 0.628. The van der Waals surface area contributed by atoms with Crippen molar-refractivity contribution in [2.24, 2.45) is 0 Å². The van der Waals surface area contributed by atoms with E-state index in [9.17, 15) is 4.39 Å². The summed E-state index contributed by atoms with van der Waals surface area (Å²) in [5, 5.41) is 4.13. The van der Waals surface area contributed by atoms with Crippen molar-refractivity contribution in [3.05, 3.63) is 54.6 Å². The topological polar surface area (TPSA) is 37.8 Å².